The zero-order valence-electron chi connectivity index (χ0n) is 37.3. The number of carboxylic acid groups (broad SMARTS) is 1. The van der Waals surface area contributed by atoms with Crippen molar-refractivity contribution in [3.05, 3.63) is 207 Å². The largest absolute Gasteiger partial charge is 0.491 e. The van der Waals surface area contributed by atoms with Crippen LogP contribution in [0.5, 0.6) is 5.75 Å². The van der Waals surface area contributed by atoms with E-state index in [0.717, 1.165) is 10.5 Å². The molecule has 2 amide bonds. The lowest BCUT2D eigenvalue weighted by Gasteiger charge is -2.46. The first-order valence-corrected chi connectivity index (χ1v) is 22.3. The number of nitrogens with zero attached hydrogens (tertiary/aromatic N) is 4. The number of imide groups is 1. The van der Waals surface area contributed by atoms with Gasteiger partial charge >= 0.3 is 18.0 Å². The van der Waals surface area contributed by atoms with Crippen molar-refractivity contribution >= 4 is 35.3 Å². The molecular formula is C54H46N4O11. The molecule has 0 radical (unpaired) electrons. The Bertz CT molecular complexity index is 2960. The number of rotatable bonds is 13. The molecule has 0 aliphatic carbocycles. The van der Waals surface area contributed by atoms with E-state index in [-0.39, 0.29) is 35.9 Å². The molecule has 3 heterocycles. The molecule has 15 nitrogen and oxygen atoms in total. The van der Waals surface area contributed by atoms with Gasteiger partial charge in [-0.05, 0) is 71.3 Å². The van der Waals surface area contributed by atoms with Crippen molar-refractivity contribution in [3.63, 3.8) is 0 Å². The highest BCUT2D eigenvalue weighted by Crippen LogP contribution is 2.66. The van der Waals surface area contributed by atoms with Gasteiger partial charge in [-0.1, -0.05) is 121 Å². The highest BCUT2D eigenvalue weighted by atomic mass is 16.6. The van der Waals surface area contributed by atoms with Crippen molar-refractivity contribution in [1.29, 1.82) is 0 Å². The maximum absolute atomic E-state index is 16.2. The normalized spacial score (nSPS) is 21.5. The third kappa shape index (κ3) is 8.57. The number of nitro groups is 1. The quantitative estimate of drug-likeness (QED) is 0.0501. The first-order chi connectivity index (χ1) is 33.5. The molecule has 2 N–H and O–H groups in total. The number of para-hydroxylation sites is 1. The average Bonchev–Trinajstić information content (AvgIpc) is 3.82. The number of hydrogen-bond donors (Lipinski definition) is 2. The second kappa shape index (κ2) is 19.6. The van der Waals surface area contributed by atoms with Crippen molar-refractivity contribution in [2.24, 2.45) is 5.92 Å². The van der Waals surface area contributed by atoms with Crippen molar-refractivity contribution in [3.8, 4) is 17.6 Å². The number of aliphatic carboxylic acids is 1. The molecule has 0 aromatic heterocycles. The van der Waals surface area contributed by atoms with Gasteiger partial charge in [-0.25, -0.2) is 9.69 Å². The second-order valence-electron chi connectivity index (χ2n) is 17.0. The molecule has 9 rings (SSSR count). The zero-order chi connectivity index (χ0) is 48.2. The Morgan fingerprint density at radius 1 is 0.826 bits per heavy atom. The van der Waals surface area contributed by atoms with Crippen molar-refractivity contribution in [2.45, 2.75) is 42.8 Å². The van der Waals surface area contributed by atoms with Gasteiger partial charge in [0.15, 0.2) is 0 Å². The lowest BCUT2D eigenvalue weighted by molar-refractivity contribution is -0.384. The number of hydrogen-bond acceptors (Lipinski definition) is 12. The minimum Gasteiger partial charge on any atom is -0.491 e. The number of nitro benzene ring substituents is 1. The molecule has 6 aromatic rings. The van der Waals surface area contributed by atoms with E-state index < -0.39 is 71.0 Å². The maximum atomic E-state index is 16.2. The van der Waals surface area contributed by atoms with Crippen molar-refractivity contribution in [1.82, 2.24) is 9.80 Å². The minimum atomic E-state index is -2.30. The van der Waals surface area contributed by atoms with Gasteiger partial charge in [-0.15, -0.1) is 0 Å². The Balaban J connectivity index is 1.26. The standard InChI is InChI=1S/C54H46N4O11/c1-55(33-36-14-5-2-6-15-36)29-13-16-35-25-28-43-42(32-35)54(52(63)56(43)53(64)68-34-37-23-26-40(27-24-37)58(65)66)45(50(60)61)47-51(62)69-48(39-19-9-4-10-20-39)46(38-17-7-3-8-18-38)57(47)49(54)41-21-11-12-22-44(41)67-31-30-59/h2-12,14-15,17-28,32,45-49,59H,29-31,33-34H2,1H3,(H,60,61)/t45-,46-,47-,48+,49+,54-/m1/s1. The molecule has 69 heavy (non-hydrogen) atoms. The van der Waals surface area contributed by atoms with Gasteiger partial charge < -0.3 is 24.4 Å². The van der Waals surface area contributed by atoms with Gasteiger partial charge in [0.05, 0.1) is 35.8 Å². The molecule has 6 atom stereocenters. The summed E-state index contributed by atoms with van der Waals surface area (Å²) < 4.78 is 18.3. The summed E-state index contributed by atoms with van der Waals surface area (Å²) >= 11 is 0. The van der Waals surface area contributed by atoms with Crippen LogP contribution < -0.4 is 9.64 Å². The monoisotopic (exact) mass is 926 g/mol. The van der Waals surface area contributed by atoms with Crippen LogP contribution in [0.15, 0.2) is 158 Å². The predicted molar refractivity (Wildman–Crippen MR) is 252 cm³/mol. The Labute approximate surface area is 397 Å². The Morgan fingerprint density at radius 3 is 2.14 bits per heavy atom. The van der Waals surface area contributed by atoms with Gasteiger partial charge in [0.2, 0.25) is 5.91 Å². The minimum absolute atomic E-state index is 0.00883. The number of carbonyl (C=O) groups excluding carboxylic acids is 3. The lowest BCUT2D eigenvalue weighted by Crippen LogP contribution is -2.53. The molecule has 2 fully saturated rings. The van der Waals surface area contributed by atoms with Gasteiger partial charge in [0.25, 0.3) is 5.69 Å². The lowest BCUT2D eigenvalue weighted by atomic mass is 9.65. The molecule has 3 aliphatic heterocycles. The molecule has 2 saturated heterocycles. The smallest absolute Gasteiger partial charge is 0.421 e. The number of aliphatic hydroxyl groups is 1. The fourth-order valence-corrected chi connectivity index (χ4v) is 10.1. The van der Waals surface area contributed by atoms with E-state index in [9.17, 15) is 29.9 Å². The second-order valence-corrected chi connectivity index (χ2v) is 17.0. The summed E-state index contributed by atoms with van der Waals surface area (Å²) in [5.41, 5.74) is 1.08. The van der Waals surface area contributed by atoms with Crippen LogP contribution in [0, 0.1) is 27.9 Å². The highest BCUT2D eigenvalue weighted by Gasteiger charge is 2.76. The number of morpholine rings is 1. The number of carbonyl (C=O) groups is 4. The first kappa shape index (κ1) is 46.0. The van der Waals surface area contributed by atoms with Crippen LogP contribution in [0.25, 0.3) is 0 Å². The number of carboxylic acids is 1. The van der Waals surface area contributed by atoms with Crippen LogP contribution in [-0.4, -0.2) is 81.7 Å². The first-order valence-electron chi connectivity index (χ1n) is 22.3. The van der Waals surface area contributed by atoms with E-state index >= 15 is 9.59 Å². The van der Waals surface area contributed by atoms with Crippen LogP contribution in [0.1, 0.15) is 57.1 Å². The van der Waals surface area contributed by atoms with E-state index in [1.54, 1.807) is 53.4 Å². The summed E-state index contributed by atoms with van der Waals surface area (Å²) in [4.78, 5) is 75.7. The predicted octanol–water partition coefficient (Wildman–Crippen LogP) is 7.54. The summed E-state index contributed by atoms with van der Waals surface area (Å²) in [6.07, 6.45) is -2.17. The number of amides is 2. The molecule has 0 bridgehead atoms. The summed E-state index contributed by atoms with van der Waals surface area (Å²) in [6.45, 7) is 0.0240. The van der Waals surface area contributed by atoms with E-state index in [2.05, 4.69) is 11.8 Å². The summed E-state index contributed by atoms with van der Waals surface area (Å²) in [5, 5.41) is 33.1. The number of fused-ring (bicyclic) bond motifs is 3. The third-order valence-electron chi connectivity index (χ3n) is 12.9. The van der Waals surface area contributed by atoms with Crippen molar-refractivity contribution in [2.75, 3.05) is 31.7 Å². The Morgan fingerprint density at radius 2 is 1.48 bits per heavy atom. The fraction of sp³-hybridized carbons (Fsp3) is 0.222. The van der Waals surface area contributed by atoms with E-state index in [0.29, 0.717) is 40.9 Å². The molecule has 0 unspecified atom stereocenters. The van der Waals surface area contributed by atoms with Crippen molar-refractivity contribution < 1.29 is 48.5 Å². The van der Waals surface area contributed by atoms with Crippen LogP contribution in [0.4, 0.5) is 16.2 Å². The third-order valence-corrected chi connectivity index (χ3v) is 12.9. The van der Waals surface area contributed by atoms with Gasteiger partial charge in [-0.3, -0.25) is 34.3 Å². The molecule has 3 aliphatic rings. The number of cyclic esters (lactones) is 1. The molecule has 6 aromatic carbocycles. The number of aliphatic hydroxyl groups excluding tert-OH is 1. The van der Waals surface area contributed by atoms with E-state index in [1.165, 1.54) is 30.3 Å². The maximum Gasteiger partial charge on any atom is 0.421 e. The van der Waals surface area contributed by atoms with E-state index in [4.69, 9.17) is 14.2 Å². The number of non-ortho nitro benzene ring substituents is 1. The van der Waals surface area contributed by atoms with Crippen LogP contribution in [-0.2, 0) is 42.4 Å². The fourth-order valence-electron chi connectivity index (χ4n) is 10.1. The molecule has 15 heteroatoms. The SMILES string of the molecule is CN(CC#Cc1ccc2c(c1)[C@]1(C(=O)N2C(=O)OCc2ccc([N+](=O)[O-])cc2)[C@H](c2ccccc2OCCO)N2[C@H](c3ccccc3)[C@H](c3ccccc3)OC(=O)[C@H]2[C@@H]1C(=O)O)Cc1ccccc1. The van der Waals surface area contributed by atoms with Crippen LogP contribution >= 0.6 is 0 Å². The summed E-state index contributed by atoms with van der Waals surface area (Å²) in [5.74, 6) is 1.31. The molecule has 348 valence electrons. The molecule has 0 saturated carbocycles. The Hall–Kier alpha value is -8.16. The summed E-state index contributed by atoms with van der Waals surface area (Å²) in [6, 6.07) is 41.0. The van der Waals surface area contributed by atoms with Crippen LogP contribution in [0.3, 0.4) is 0 Å². The van der Waals surface area contributed by atoms with Gasteiger partial charge in [-0.2, -0.15) is 0 Å². The number of anilines is 1. The van der Waals surface area contributed by atoms with Gasteiger partial charge in [0, 0.05) is 29.8 Å². The number of esters is 1. The topological polar surface area (TPSA) is 189 Å². The average molecular weight is 927 g/mol. The van der Waals surface area contributed by atoms with Gasteiger partial charge in [0.1, 0.15) is 42.4 Å². The highest BCUT2D eigenvalue weighted by molar-refractivity contribution is 6.23. The molecular weight excluding hydrogens is 881 g/mol. The Kier molecular flexibility index (Phi) is 13.1. The number of benzene rings is 6. The number of ether oxygens (including phenoxy) is 3. The van der Waals surface area contributed by atoms with Crippen LogP contribution in [0.2, 0.25) is 0 Å². The molecule has 1 spiro atoms. The van der Waals surface area contributed by atoms with E-state index in [1.807, 2.05) is 90.8 Å². The zero-order valence-corrected chi connectivity index (χ0v) is 37.3. The summed E-state index contributed by atoms with van der Waals surface area (Å²) in [7, 11) is 1.93.